The minimum atomic E-state index is -4.48. The van der Waals surface area contributed by atoms with Crippen LogP contribution in [0.2, 0.25) is 0 Å². The lowest BCUT2D eigenvalue weighted by molar-refractivity contribution is -0.141. The molecule has 0 spiro atoms. The van der Waals surface area contributed by atoms with Crippen molar-refractivity contribution in [3.63, 3.8) is 0 Å². The molecular formula is C22H24F3N3O4S. The molecule has 1 saturated heterocycles. The van der Waals surface area contributed by atoms with Crippen LogP contribution in [-0.4, -0.2) is 54.0 Å². The third kappa shape index (κ3) is 4.31. The molecule has 4 rings (SSSR count). The fourth-order valence-electron chi connectivity index (χ4n) is 4.86. The topological polar surface area (TPSA) is 90.8 Å². The van der Waals surface area contributed by atoms with Crippen molar-refractivity contribution in [2.45, 2.75) is 49.8 Å². The van der Waals surface area contributed by atoms with Gasteiger partial charge < -0.3 is 10.0 Å². The second-order valence-corrected chi connectivity index (χ2v) is 10.5. The molecule has 7 nitrogen and oxygen atoms in total. The summed E-state index contributed by atoms with van der Waals surface area (Å²) in [7, 11) is -3.92. The van der Waals surface area contributed by atoms with Gasteiger partial charge in [0.1, 0.15) is 5.82 Å². The Bertz CT molecular complexity index is 1160. The van der Waals surface area contributed by atoms with E-state index in [-0.39, 0.29) is 24.4 Å². The number of rotatable bonds is 4. The van der Waals surface area contributed by atoms with Gasteiger partial charge in [-0.05, 0) is 56.0 Å². The molecule has 1 aromatic heterocycles. The van der Waals surface area contributed by atoms with E-state index in [4.69, 9.17) is 0 Å². The molecule has 1 aliphatic carbocycles. The smallest absolute Gasteiger partial charge is 0.417 e. The van der Waals surface area contributed by atoms with E-state index in [1.165, 1.54) is 16.4 Å². The van der Waals surface area contributed by atoms with Crippen LogP contribution < -0.4 is 4.90 Å². The van der Waals surface area contributed by atoms with Crippen molar-refractivity contribution in [3.05, 3.63) is 53.2 Å². The monoisotopic (exact) mass is 483 g/mol. The molecule has 0 amide bonds. The quantitative estimate of drug-likeness (QED) is 0.719. The third-order valence-electron chi connectivity index (χ3n) is 6.29. The lowest BCUT2D eigenvalue weighted by Crippen LogP contribution is -2.58. The van der Waals surface area contributed by atoms with Crippen LogP contribution in [0.5, 0.6) is 0 Å². The number of carboxylic acid groups (broad SMARTS) is 1. The summed E-state index contributed by atoms with van der Waals surface area (Å²) >= 11 is 0. The Morgan fingerprint density at radius 3 is 2.30 bits per heavy atom. The number of aliphatic carboxylic acids is 1. The Morgan fingerprint density at radius 2 is 1.76 bits per heavy atom. The molecule has 1 aromatic carbocycles. The number of carboxylic acids is 1. The number of alkyl halides is 3. The lowest BCUT2D eigenvalue weighted by Gasteiger charge is -2.44. The maximum Gasteiger partial charge on any atom is 0.417 e. The van der Waals surface area contributed by atoms with Gasteiger partial charge in [0.25, 0.3) is 0 Å². The van der Waals surface area contributed by atoms with Gasteiger partial charge >= 0.3 is 12.1 Å². The Balaban J connectivity index is 1.58. The van der Waals surface area contributed by atoms with Gasteiger partial charge in [0.2, 0.25) is 10.0 Å². The van der Waals surface area contributed by atoms with Crippen LogP contribution in [0.15, 0.2) is 41.4 Å². The van der Waals surface area contributed by atoms with Crippen LogP contribution in [-0.2, 0) is 33.8 Å². The Labute approximate surface area is 189 Å². The Hall–Kier alpha value is -2.66. The maximum atomic E-state index is 13.7. The summed E-state index contributed by atoms with van der Waals surface area (Å²) < 4.78 is 67.2. The summed E-state index contributed by atoms with van der Waals surface area (Å²) in [5, 5.41) is 9.38. The number of halogens is 3. The molecular weight excluding hydrogens is 459 g/mol. The van der Waals surface area contributed by atoms with Crippen LogP contribution in [0, 0.1) is 5.92 Å². The predicted octanol–water partition coefficient (Wildman–Crippen LogP) is 3.19. The standard InChI is InChI=1S/C22H24F3N3O4S/c1-13-11-27(20-7-6-17(10-26-20)22(23,24)25)12-14(2)28(13)33(31,32)19-5-3-4-15-8-16(21(29)30)9-18(15)19/h3-7,10,13-14,16H,8-9,11-12H2,1-2H3,(H,29,30). The number of carbonyl (C=O) groups is 1. The third-order valence-corrected chi connectivity index (χ3v) is 8.50. The fourth-order valence-corrected chi connectivity index (χ4v) is 6.94. The van der Waals surface area contributed by atoms with Crippen LogP contribution in [0.25, 0.3) is 0 Å². The molecule has 2 aliphatic rings. The Morgan fingerprint density at radius 1 is 1.09 bits per heavy atom. The van der Waals surface area contributed by atoms with Crippen LogP contribution in [0.3, 0.4) is 0 Å². The number of anilines is 1. The van der Waals surface area contributed by atoms with E-state index in [0.717, 1.165) is 17.8 Å². The number of hydrogen-bond donors (Lipinski definition) is 1. The summed E-state index contributed by atoms with van der Waals surface area (Å²) in [5.74, 6) is -1.24. The number of hydrogen-bond acceptors (Lipinski definition) is 5. The Kier molecular flexibility index (Phi) is 5.90. The van der Waals surface area contributed by atoms with E-state index in [1.807, 2.05) is 0 Å². The second kappa shape index (κ2) is 8.28. The summed E-state index contributed by atoms with van der Waals surface area (Å²) in [6.45, 7) is 4.00. The van der Waals surface area contributed by atoms with Crippen molar-refractivity contribution in [1.82, 2.24) is 9.29 Å². The number of aromatic nitrogens is 1. The van der Waals surface area contributed by atoms with E-state index in [9.17, 15) is 31.5 Å². The zero-order valence-corrected chi connectivity index (χ0v) is 18.9. The van der Waals surface area contributed by atoms with E-state index < -0.39 is 45.7 Å². The van der Waals surface area contributed by atoms with Crippen molar-refractivity contribution >= 4 is 21.8 Å². The van der Waals surface area contributed by atoms with Crippen molar-refractivity contribution in [2.24, 2.45) is 5.92 Å². The van der Waals surface area contributed by atoms with E-state index in [2.05, 4.69) is 4.98 Å². The van der Waals surface area contributed by atoms with E-state index in [1.54, 1.807) is 30.9 Å². The summed E-state index contributed by atoms with van der Waals surface area (Å²) in [5.41, 5.74) is 0.443. The number of pyridine rings is 1. The summed E-state index contributed by atoms with van der Waals surface area (Å²) in [6.07, 6.45) is -3.24. The van der Waals surface area contributed by atoms with Gasteiger partial charge in [-0.25, -0.2) is 13.4 Å². The largest absolute Gasteiger partial charge is 0.481 e. The number of benzene rings is 1. The molecule has 3 atom stereocenters. The summed E-state index contributed by atoms with van der Waals surface area (Å²) in [6, 6.07) is 6.22. The first kappa shape index (κ1) is 23.5. The van der Waals surface area contributed by atoms with Gasteiger partial charge in [0.15, 0.2) is 0 Å². The molecule has 178 valence electrons. The molecule has 2 aromatic rings. The molecule has 2 heterocycles. The van der Waals surface area contributed by atoms with Gasteiger partial charge in [-0.1, -0.05) is 12.1 Å². The predicted molar refractivity (Wildman–Crippen MR) is 114 cm³/mol. The van der Waals surface area contributed by atoms with Crippen LogP contribution in [0.1, 0.15) is 30.5 Å². The average molecular weight is 484 g/mol. The molecule has 1 fully saturated rings. The number of nitrogens with zero attached hydrogens (tertiary/aromatic N) is 3. The first-order valence-corrected chi connectivity index (χ1v) is 12.0. The molecule has 1 aliphatic heterocycles. The molecule has 1 N–H and O–H groups in total. The van der Waals surface area contributed by atoms with Gasteiger partial charge in [-0.15, -0.1) is 0 Å². The van der Waals surface area contributed by atoms with Crippen molar-refractivity contribution in [3.8, 4) is 0 Å². The van der Waals surface area contributed by atoms with Gasteiger partial charge in [0.05, 0.1) is 16.4 Å². The zero-order chi connectivity index (χ0) is 24.1. The highest BCUT2D eigenvalue weighted by Crippen LogP contribution is 2.36. The highest BCUT2D eigenvalue weighted by molar-refractivity contribution is 7.89. The molecule has 0 bridgehead atoms. The fraction of sp³-hybridized carbons (Fsp3) is 0.455. The lowest BCUT2D eigenvalue weighted by atomic mass is 10.1. The minimum absolute atomic E-state index is 0.128. The normalized spacial score (nSPS) is 24.0. The number of piperazine rings is 1. The SMILES string of the molecule is CC1CN(c2ccc(C(F)(F)F)cn2)CC(C)N1S(=O)(=O)c1cccc2c1CC(C(=O)O)C2. The van der Waals surface area contributed by atoms with Crippen LogP contribution in [0.4, 0.5) is 19.0 Å². The average Bonchev–Trinajstić information content (AvgIpc) is 3.17. The maximum absolute atomic E-state index is 13.7. The molecule has 0 saturated carbocycles. The first-order valence-electron chi connectivity index (χ1n) is 10.5. The molecule has 11 heteroatoms. The zero-order valence-electron chi connectivity index (χ0n) is 18.1. The highest BCUT2D eigenvalue weighted by Gasteiger charge is 2.41. The number of fused-ring (bicyclic) bond motifs is 1. The van der Waals surface area contributed by atoms with E-state index >= 15 is 0 Å². The van der Waals surface area contributed by atoms with Gasteiger partial charge in [-0.2, -0.15) is 17.5 Å². The van der Waals surface area contributed by atoms with Gasteiger partial charge in [-0.3, -0.25) is 4.79 Å². The number of sulfonamides is 1. The summed E-state index contributed by atoms with van der Waals surface area (Å²) in [4.78, 5) is 17.3. The van der Waals surface area contributed by atoms with Crippen LogP contribution >= 0.6 is 0 Å². The molecule has 3 unspecified atom stereocenters. The molecule has 0 radical (unpaired) electrons. The van der Waals surface area contributed by atoms with Gasteiger partial charge in [0, 0.05) is 31.4 Å². The second-order valence-electron chi connectivity index (χ2n) is 8.68. The van der Waals surface area contributed by atoms with Crippen molar-refractivity contribution in [1.29, 1.82) is 0 Å². The molecule has 33 heavy (non-hydrogen) atoms. The van der Waals surface area contributed by atoms with E-state index in [0.29, 0.717) is 17.8 Å². The highest BCUT2D eigenvalue weighted by atomic mass is 32.2. The van der Waals surface area contributed by atoms with Crippen molar-refractivity contribution < 1.29 is 31.5 Å². The van der Waals surface area contributed by atoms with Crippen molar-refractivity contribution in [2.75, 3.05) is 18.0 Å². The first-order chi connectivity index (χ1) is 15.4. The minimum Gasteiger partial charge on any atom is -0.481 e.